The highest BCUT2D eigenvalue weighted by Gasteiger charge is 2.29. The Hall–Kier alpha value is -0.0800. The van der Waals surface area contributed by atoms with Gasteiger partial charge in [0, 0.05) is 0 Å². The van der Waals surface area contributed by atoms with Crippen LogP contribution in [0.4, 0.5) is 0 Å². The van der Waals surface area contributed by atoms with E-state index in [-0.39, 0.29) is 11.6 Å². The average Bonchev–Trinajstić information content (AvgIpc) is 2.00. The Balaban J connectivity index is 4.20. The maximum absolute atomic E-state index is 5.76. The fraction of sp³-hybridized carbons (Fsp3) is 1.00. The fourth-order valence-electron chi connectivity index (χ4n) is 1.74. The second-order valence-corrected chi connectivity index (χ2v) is 3.35. The zero-order valence-electron chi connectivity index (χ0n) is 8.06. The van der Waals surface area contributed by atoms with E-state index in [2.05, 4.69) is 20.8 Å². The summed E-state index contributed by atoms with van der Waals surface area (Å²) in [6.07, 6.45) is 4.35. The van der Waals surface area contributed by atoms with Gasteiger partial charge in [-0.05, 0) is 24.7 Å². The molecule has 0 aromatic rings. The van der Waals surface area contributed by atoms with Gasteiger partial charge in [0.25, 0.3) is 0 Å². The third kappa shape index (κ3) is 2.46. The lowest BCUT2D eigenvalue weighted by molar-refractivity contribution is 0.185. The van der Waals surface area contributed by atoms with E-state index < -0.39 is 0 Å². The van der Waals surface area contributed by atoms with Crippen LogP contribution in [0.25, 0.3) is 0 Å². The molecular weight excluding hydrogens is 136 g/mol. The quantitative estimate of drug-likeness (QED) is 0.600. The lowest BCUT2D eigenvalue weighted by Gasteiger charge is -2.35. The summed E-state index contributed by atoms with van der Waals surface area (Å²) in [5, 5.41) is 0. The van der Waals surface area contributed by atoms with E-state index in [1.165, 1.54) is 6.42 Å². The van der Waals surface area contributed by atoms with E-state index in [4.69, 9.17) is 11.5 Å². The summed E-state index contributed by atoms with van der Waals surface area (Å²) >= 11 is 0. The average molecular weight is 158 g/mol. The molecule has 0 rings (SSSR count). The Morgan fingerprint density at radius 2 is 1.55 bits per heavy atom. The largest absolute Gasteiger partial charge is 0.316 e. The molecule has 0 aliphatic rings. The summed E-state index contributed by atoms with van der Waals surface area (Å²) in [6, 6.07) is 0. The van der Waals surface area contributed by atoms with E-state index in [1.54, 1.807) is 0 Å². The molecule has 0 fully saturated rings. The molecule has 4 N–H and O–H groups in total. The Labute approximate surface area is 70.3 Å². The highest BCUT2D eigenvalue weighted by atomic mass is 14.9. The second-order valence-electron chi connectivity index (χ2n) is 3.35. The molecule has 2 nitrogen and oxygen atoms in total. The van der Waals surface area contributed by atoms with Crippen molar-refractivity contribution in [1.82, 2.24) is 0 Å². The SMILES string of the molecule is CCCC(CC)(CC)C(N)N. The minimum absolute atomic E-state index is 0.155. The van der Waals surface area contributed by atoms with Crippen LogP contribution in [0, 0.1) is 5.41 Å². The topological polar surface area (TPSA) is 52.0 Å². The molecule has 2 heteroatoms. The molecule has 0 unspecified atom stereocenters. The van der Waals surface area contributed by atoms with Crippen molar-refractivity contribution >= 4 is 0 Å². The van der Waals surface area contributed by atoms with Gasteiger partial charge in [0.15, 0.2) is 0 Å². The Morgan fingerprint density at radius 3 is 1.64 bits per heavy atom. The molecule has 0 aromatic heterocycles. The van der Waals surface area contributed by atoms with Gasteiger partial charge in [-0.15, -0.1) is 0 Å². The maximum Gasteiger partial charge on any atom is 0.0578 e. The Bertz CT molecular complexity index is 95.7. The first kappa shape index (κ1) is 10.9. The van der Waals surface area contributed by atoms with E-state index in [9.17, 15) is 0 Å². The van der Waals surface area contributed by atoms with E-state index in [0.29, 0.717) is 0 Å². The van der Waals surface area contributed by atoms with Crippen LogP contribution < -0.4 is 11.5 Å². The summed E-state index contributed by atoms with van der Waals surface area (Å²) in [5.41, 5.74) is 11.7. The number of hydrogen-bond acceptors (Lipinski definition) is 2. The first-order chi connectivity index (χ1) is 5.13. The minimum atomic E-state index is -0.155. The van der Waals surface area contributed by atoms with Crippen LogP contribution in [-0.4, -0.2) is 6.17 Å². The molecule has 0 aliphatic carbocycles. The van der Waals surface area contributed by atoms with E-state index >= 15 is 0 Å². The molecule has 0 heterocycles. The van der Waals surface area contributed by atoms with Crippen molar-refractivity contribution in [3.05, 3.63) is 0 Å². The van der Waals surface area contributed by atoms with Crippen LogP contribution in [-0.2, 0) is 0 Å². The molecule has 0 aromatic carbocycles. The predicted octanol–water partition coefficient (Wildman–Crippen LogP) is 1.84. The molecule has 0 spiro atoms. The highest BCUT2D eigenvalue weighted by Crippen LogP contribution is 2.32. The fourth-order valence-corrected chi connectivity index (χ4v) is 1.74. The first-order valence-corrected chi connectivity index (χ1v) is 4.64. The molecule has 0 atom stereocenters. The molecule has 11 heavy (non-hydrogen) atoms. The summed E-state index contributed by atoms with van der Waals surface area (Å²) in [6.45, 7) is 6.53. The zero-order chi connectivity index (χ0) is 8.91. The normalized spacial score (nSPS) is 12.5. The van der Waals surface area contributed by atoms with Crippen molar-refractivity contribution in [2.45, 2.75) is 52.6 Å². The van der Waals surface area contributed by atoms with Crippen LogP contribution in [0.2, 0.25) is 0 Å². The Kier molecular flexibility index (Phi) is 4.69. The summed E-state index contributed by atoms with van der Waals surface area (Å²) in [7, 11) is 0. The molecule has 0 aliphatic heterocycles. The Morgan fingerprint density at radius 1 is 1.09 bits per heavy atom. The zero-order valence-corrected chi connectivity index (χ0v) is 8.06. The molecule has 0 saturated heterocycles. The van der Waals surface area contributed by atoms with Crippen molar-refractivity contribution in [3.63, 3.8) is 0 Å². The highest BCUT2D eigenvalue weighted by molar-refractivity contribution is 4.82. The van der Waals surface area contributed by atoms with Gasteiger partial charge in [0.05, 0.1) is 6.17 Å². The van der Waals surface area contributed by atoms with Gasteiger partial charge in [0.1, 0.15) is 0 Å². The number of hydrogen-bond donors (Lipinski definition) is 2. The monoisotopic (exact) mass is 158 g/mol. The molecule has 0 saturated carbocycles. The third-order valence-corrected chi connectivity index (χ3v) is 2.86. The van der Waals surface area contributed by atoms with Gasteiger partial charge in [-0.2, -0.15) is 0 Å². The van der Waals surface area contributed by atoms with Crippen LogP contribution >= 0.6 is 0 Å². The molecule has 0 amide bonds. The van der Waals surface area contributed by atoms with Gasteiger partial charge in [0.2, 0.25) is 0 Å². The van der Waals surface area contributed by atoms with Crippen LogP contribution in [0.5, 0.6) is 0 Å². The van der Waals surface area contributed by atoms with Gasteiger partial charge >= 0.3 is 0 Å². The summed E-state index contributed by atoms with van der Waals surface area (Å²) in [5.74, 6) is 0. The van der Waals surface area contributed by atoms with Crippen molar-refractivity contribution in [2.75, 3.05) is 0 Å². The predicted molar refractivity (Wildman–Crippen MR) is 50.1 cm³/mol. The van der Waals surface area contributed by atoms with Crippen LogP contribution in [0.15, 0.2) is 0 Å². The second kappa shape index (κ2) is 4.73. The molecule has 68 valence electrons. The van der Waals surface area contributed by atoms with Gasteiger partial charge in [-0.1, -0.05) is 27.2 Å². The molecule has 0 bridgehead atoms. The van der Waals surface area contributed by atoms with Gasteiger partial charge < -0.3 is 11.5 Å². The molecular formula is C9H22N2. The van der Waals surface area contributed by atoms with Crippen LogP contribution in [0.3, 0.4) is 0 Å². The summed E-state index contributed by atoms with van der Waals surface area (Å²) in [4.78, 5) is 0. The van der Waals surface area contributed by atoms with Crippen molar-refractivity contribution < 1.29 is 0 Å². The lowest BCUT2D eigenvalue weighted by Crippen LogP contribution is -2.47. The minimum Gasteiger partial charge on any atom is -0.316 e. The number of nitrogens with two attached hydrogens (primary N) is 2. The standard InChI is InChI=1S/C9H22N2/c1-4-7-9(5-2,6-3)8(10)11/h8H,4-7,10-11H2,1-3H3. The van der Waals surface area contributed by atoms with Crippen molar-refractivity contribution in [3.8, 4) is 0 Å². The molecule has 0 radical (unpaired) electrons. The summed E-state index contributed by atoms with van der Waals surface area (Å²) < 4.78 is 0. The smallest absolute Gasteiger partial charge is 0.0578 e. The van der Waals surface area contributed by atoms with E-state index in [1.807, 2.05) is 0 Å². The van der Waals surface area contributed by atoms with Gasteiger partial charge in [-0.3, -0.25) is 0 Å². The van der Waals surface area contributed by atoms with Gasteiger partial charge in [-0.25, -0.2) is 0 Å². The maximum atomic E-state index is 5.76. The van der Waals surface area contributed by atoms with Crippen molar-refractivity contribution in [1.29, 1.82) is 0 Å². The first-order valence-electron chi connectivity index (χ1n) is 4.64. The number of rotatable bonds is 5. The van der Waals surface area contributed by atoms with Crippen LogP contribution in [0.1, 0.15) is 46.5 Å². The van der Waals surface area contributed by atoms with Crippen molar-refractivity contribution in [2.24, 2.45) is 16.9 Å². The third-order valence-electron chi connectivity index (χ3n) is 2.86. The van der Waals surface area contributed by atoms with E-state index in [0.717, 1.165) is 19.3 Å². The lowest BCUT2D eigenvalue weighted by atomic mass is 9.76.